The predicted octanol–water partition coefficient (Wildman–Crippen LogP) is -0.417. The number of aliphatic hydroxyl groups excluding tert-OH is 5. The van der Waals surface area contributed by atoms with Gasteiger partial charge < -0.3 is 59.5 Å². The molecular weight excluding hydrogens is 520 g/mol. The maximum absolute atomic E-state index is 13.1. The number of benzene rings is 2. The molecule has 1 aromatic heterocycles. The van der Waals surface area contributed by atoms with Crippen molar-refractivity contribution in [3.8, 4) is 28.6 Å². The van der Waals surface area contributed by atoms with E-state index >= 15 is 0 Å². The molecule has 3 heterocycles. The molecule has 9 atom stereocenters. The van der Waals surface area contributed by atoms with Crippen molar-refractivity contribution in [3.63, 3.8) is 0 Å². The first-order valence-electron chi connectivity index (χ1n) is 12.1. The lowest BCUT2D eigenvalue weighted by Gasteiger charge is -2.44. The monoisotopic (exact) mass is 548 g/mol. The van der Waals surface area contributed by atoms with Crippen LogP contribution in [0.4, 0.5) is 0 Å². The van der Waals surface area contributed by atoms with Crippen LogP contribution in [0.3, 0.4) is 0 Å². The van der Waals surface area contributed by atoms with Crippen LogP contribution in [0, 0.1) is 0 Å². The molecule has 2 fully saturated rings. The number of aliphatic hydroxyl groups is 5. The first kappa shape index (κ1) is 27.3. The van der Waals surface area contributed by atoms with Crippen molar-refractivity contribution >= 4 is 11.0 Å². The average Bonchev–Trinajstić information content (AvgIpc) is 2.89. The number of hydrogen-bond acceptors (Lipinski definition) is 13. The molecule has 13 nitrogen and oxygen atoms in total. The van der Waals surface area contributed by atoms with Crippen LogP contribution in [0.15, 0.2) is 45.6 Å². The van der Waals surface area contributed by atoms with Crippen LogP contribution < -0.4 is 5.43 Å². The quantitative estimate of drug-likeness (QED) is 0.208. The molecule has 3 aromatic rings. The molecule has 2 aromatic carbocycles. The number of ether oxygens (including phenoxy) is 3. The highest BCUT2D eigenvalue weighted by atomic mass is 16.7. The van der Waals surface area contributed by atoms with Gasteiger partial charge in [-0.15, -0.1) is 0 Å². The molecule has 0 bridgehead atoms. The van der Waals surface area contributed by atoms with E-state index < -0.39 is 78.7 Å². The SMILES string of the molecule is C[C@@H]1O[C@@H](O[C@@H]2[C@@H](O)[C@@H](O)CO[C@H]2c2c(O)cc(O)c3c(=O)cc(-c4ccc(O)cc4)oc23)[C@H](O)[C@H](O)[C@H]1O. The number of aromatic hydroxyl groups is 3. The van der Waals surface area contributed by atoms with E-state index in [1.807, 2.05) is 0 Å². The predicted molar refractivity (Wildman–Crippen MR) is 131 cm³/mol. The molecule has 8 N–H and O–H groups in total. The van der Waals surface area contributed by atoms with Crippen LogP contribution in [-0.2, 0) is 14.2 Å². The lowest BCUT2D eigenvalue weighted by molar-refractivity contribution is -0.331. The van der Waals surface area contributed by atoms with E-state index in [0.717, 1.165) is 12.1 Å². The molecular formula is C26H28O13. The van der Waals surface area contributed by atoms with Crippen LogP contribution in [0.1, 0.15) is 18.6 Å². The third-order valence-corrected chi connectivity index (χ3v) is 7.01. The van der Waals surface area contributed by atoms with Crippen molar-refractivity contribution in [1.82, 2.24) is 0 Å². The van der Waals surface area contributed by atoms with Crippen molar-refractivity contribution in [1.29, 1.82) is 0 Å². The fourth-order valence-corrected chi connectivity index (χ4v) is 4.84. The minimum absolute atomic E-state index is 0.0181. The molecule has 39 heavy (non-hydrogen) atoms. The summed E-state index contributed by atoms with van der Waals surface area (Å²) in [6.45, 7) is 0.996. The van der Waals surface area contributed by atoms with Gasteiger partial charge in [0.25, 0.3) is 0 Å². The number of fused-ring (bicyclic) bond motifs is 1. The summed E-state index contributed by atoms with van der Waals surface area (Å²) in [5.41, 5.74) is -0.813. The van der Waals surface area contributed by atoms with Gasteiger partial charge in [0, 0.05) is 17.7 Å². The molecule has 2 aliphatic rings. The molecule has 0 unspecified atom stereocenters. The van der Waals surface area contributed by atoms with E-state index in [1.165, 1.54) is 31.2 Å². The zero-order valence-electron chi connectivity index (χ0n) is 20.5. The molecule has 0 radical (unpaired) electrons. The summed E-state index contributed by atoms with van der Waals surface area (Å²) in [4.78, 5) is 13.1. The van der Waals surface area contributed by atoms with Gasteiger partial charge in [-0.2, -0.15) is 0 Å². The summed E-state index contributed by atoms with van der Waals surface area (Å²) in [6, 6.07) is 7.70. The minimum Gasteiger partial charge on any atom is -0.508 e. The Morgan fingerprint density at radius 2 is 1.56 bits per heavy atom. The van der Waals surface area contributed by atoms with Gasteiger partial charge in [-0.1, -0.05) is 0 Å². The van der Waals surface area contributed by atoms with E-state index in [4.69, 9.17) is 18.6 Å². The fraction of sp³-hybridized carbons (Fsp3) is 0.423. The number of hydrogen-bond donors (Lipinski definition) is 8. The van der Waals surface area contributed by atoms with E-state index in [0.29, 0.717) is 5.56 Å². The Kier molecular flexibility index (Phi) is 7.26. The van der Waals surface area contributed by atoms with Crippen LogP contribution in [0.5, 0.6) is 17.2 Å². The standard InChI is InChI=1S/C26H28O13/c1-9-19(32)21(34)22(35)26(37-9)39-25-20(33)15(31)8-36-24(25)18-13(29)6-12(28)17-14(30)7-16(38-23(17)18)10-2-4-11(27)5-3-10/h2-7,9,15,19-22,24-29,31-35H,8H2,1H3/t9-,15-,19-,20-,21+,22+,24-,25+,26-/m0/s1. The van der Waals surface area contributed by atoms with Gasteiger partial charge in [0.2, 0.25) is 0 Å². The summed E-state index contributed by atoms with van der Waals surface area (Å²) in [5, 5.41) is 82.4. The Morgan fingerprint density at radius 3 is 2.26 bits per heavy atom. The van der Waals surface area contributed by atoms with E-state index in [1.54, 1.807) is 0 Å². The third kappa shape index (κ3) is 4.83. The Bertz CT molecular complexity index is 1400. The maximum Gasteiger partial charge on any atom is 0.197 e. The Hall–Kier alpha value is -3.27. The number of phenols is 3. The van der Waals surface area contributed by atoms with E-state index in [9.17, 15) is 45.6 Å². The lowest BCUT2D eigenvalue weighted by Crippen LogP contribution is -2.60. The van der Waals surface area contributed by atoms with Gasteiger partial charge in [0.05, 0.1) is 18.3 Å². The highest BCUT2D eigenvalue weighted by Crippen LogP contribution is 2.44. The van der Waals surface area contributed by atoms with Crippen molar-refractivity contribution in [3.05, 3.63) is 52.2 Å². The van der Waals surface area contributed by atoms with Crippen LogP contribution >= 0.6 is 0 Å². The summed E-state index contributed by atoms with van der Waals surface area (Å²) in [7, 11) is 0. The van der Waals surface area contributed by atoms with Gasteiger partial charge in [-0.3, -0.25) is 4.79 Å². The largest absolute Gasteiger partial charge is 0.508 e. The second-order valence-electron chi connectivity index (χ2n) is 9.65. The molecule has 2 saturated heterocycles. The van der Waals surface area contributed by atoms with Crippen molar-refractivity contribution in [2.45, 2.75) is 62.0 Å². The van der Waals surface area contributed by atoms with E-state index in [2.05, 4.69) is 0 Å². The molecule has 13 heteroatoms. The van der Waals surface area contributed by atoms with Crippen LogP contribution in [0.2, 0.25) is 0 Å². The number of phenolic OH excluding ortho intramolecular Hbond substituents is 3. The first-order valence-corrected chi connectivity index (χ1v) is 12.1. The average molecular weight is 548 g/mol. The second-order valence-corrected chi connectivity index (χ2v) is 9.65. The Labute approximate surface area is 220 Å². The topological polar surface area (TPSA) is 220 Å². The van der Waals surface area contributed by atoms with Gasteiger partial charge in [-0.05, 0) is 31.2 Å². The third-order valence-electron chi connectivity index (χ3n) is 7.01. The van der Waals surface area contributed by atoms with Crippen LogP contribution in [-0.4, -0.2) is 96.5 Å². The molecule has 2 aliphatic heterocycles. The number of rotatable bonds is 4. The molecule has 0 spiro atoms. The molecule has 0 amide bonds. The molecule has 210 valence electrons. The normalized spacial score (nSPS) is 33.3. The smallest absolute Gasteiger partial charge is 0.197 e. The van der Waals surface area contributed by atoms with Crippen molar-refractivity contribution in [2.24, 2.45) is 0 Å². The maximum atomic E-state index is 13.1. The zero-order chi connectivity index (χ0) is 28.2. The van der Waals surface area contributed by atoms with E-state index in [-0.39, 0.29) is 28.0 Å². The summed E-state index contributed by atoms with van der Waals surface area (Å²) in [6.07, 6.45) is -13.6. The molecule has 5 rings (SSSR count). The summed E-state index contributed by atoms with van der Waals surface area (Å²) in [5.74, 6) is -1.20. The van der Waals surface area contributed by atoms with Crippen LogP contribution in [0.25, 0.3) is 22.3 Å². The first-order chi connectivity index (χ1) is 18.5. The lowest BCUT2D eigenvalue weighted by atomic mass is 9.91. The van der Waals surface area contributed by atoms with Gasteiger partial charge in [0.1, 0.15) is 71.1 Å². The highest BCUT2D eigenvalue weighted by molar-refractivity contribution is 5.89. The second kappa shape index (κ2) is 10.4. The van der Waals surface area contributed by atoms with Crippen molar-refractivity contribution in [2.75, 3.05) is 6.61 Å². The zero-order valence-corrected chi connectivity index (χ0v) is 20.5. The Balaban J connectivity index is 1.63. The molecule has 0 aliphatic carbocycles. The summed E-state index contributed by atoms with van der Waals surface area (Å²) >= 11 is 0. The summed E-state index contributed by atoms with van der Waals surface area (Å²) < 4.78 is 22.9. The Morgan fingerprint density at radius 1 is 0.872 bits per heavy atom. The molecule has 0 saturated carbocycles. The van der Waals surface area contributed by atoms with Gasteiger partial charge in [-0.25, -0.2) is 0 Å². The van der Waals surface area contributed by atoms with Gasteiger partial charge in [0.15, 0.2) is 17.3 Å². The van der Waals surface area contributed by atoms with Gasteiger partial charge >= 0.3 is 0 Å². The van der Waals surface area contributed by atoms with Crippen molar-refractivity contribution < 1.29 is 59.5 Å². The highest BCUT2D eigenvalue weighted by Gasteiger charge is 2.49. The minimum atomic E-state index is -1.76. The fourth-order valence-electron chi connectivity index (χ4n) is 4.84.